The summed E-state index contributed by atoms with van der Waals surface area (Å²) < 4.78 is 0. The van der Waals surface area contributed by atoms with Crippen molar-refractivity contribution in [3.63, 3.8) is 0 Å². The van der Waals surface area contributed by atoms with Crippen molar-refractivity contribution in [2.24, 2.45) is 0 Å². The van der Waals surface area contributed by atoms with E-state index in [-0.39, 0.29) is 0 Å². The van der Waals surface area contributed by atoms with Crippen LogP contribution in [-0.4, -0.2) is 25.3 Å². The second-order valence-electron chi connectivity index (χ2n) is 5.23. The molecule has 3 rings (SSSR count). The molecule has 2 aromatic carbocycles. The molecule has 20 heavy (non-hydrogen) atoms. The Labute approximate surface area is 119 Å². The van der Waals surface area contributed by atoms with Gasteiger partial charge in [0.05, 0.1) is 0 Å². The lowest BCUT2D eigenvalue weighted by atomic mass is 9.93. The van der Waals surface area contributed by atoms with Gasteiger partial charge in [0.2, 0.25) is 0 Å². The highest BCUT2D eigenvalue weighted by molar-refractivity contribution is 6.03. The summed E-state index contributed by atoms with van der Waals surface area (Å²) in [7, 11) is 4.07. The Morgan fingerprint density at radius 1 is 1.10 bits per heavy atom. The molecule has 0 saturated carbocycles. The maximum atomic E-state index is 11.6. The van der Waals surface area contributed by atoms with Crippen molar-refractivity contribution >= 4 is 22.6 Å². The number of fused-ring (bicyclic) bond motifs is 1. The van der Waals surface area contributed by atoms with E-state index in [4.69, 9.17) is 0 Å². The van der Waals surface area contributed by atoms with Gasteiger partial charge in [-0.05, 0) is 34.4 Å². The third-order valence-corrected chi connectivity index (χ3v) is 3.80. The van der Waals surface area contributed by atoms with E-state index in [1.165, 1.54) is 11.3 Å². The highest BCUT2D eigenvalue weighted by Gasteiger charge is 2.17. The standard InChI is InChI=1S/C18H17NO/c1-19(2)18-9-5-8-16(18)15-11-10-13-6-3-4-7-14(13)17(15)12-20/h3-7,9-12H,8H2,1-2H3. The largest absolute Gasteiger partial charge is 0.377 e. The molecule has 2 heteroatoms. The van der Waals surface area contributed by atoms with E-state index in [0.29, 0.717) is 0 Å². The van der Waals surface area contributed by atoms with Crippen molar-refractivity contribution in [3.05, 3.63) is 65.4 Å². The third-order valence-electron chi connectivity index (χ3n) is 3.80. The molecule has 0 heterocycles. The van der Waals surface area contributed by atoms with Gasteiger partial charge < -0.3 is 4.90 Å². The quantitative estimate of drug-likeness (QED) is 0.783. The Hall–Kier alpha value is -2.35. The van der Waals surface area contributed by atoms with E-state index < -0.39 is 0 Å². The molecule has 2 nitrogen and oxygen atoms in total. The maximum Gasteiger partial charge on any atom is 0.151 e. The van der Waals surface area contributed by atoms with E-state index in [1.807, 2.05) is 38.4 Å². The third kappa shape index (κ3) is 1.94. The molecule has 0 aromatic heterocycles. The minimum atomic E-state index is 0.793. The summed E-state index contributed by atoms with van der Waals surface area (Å²) in [5.74, 6) is 0. The summed E-state index contributed by atoms with van der Waals surface area (Å²) >= 11 is 0. The van der Waals surface area contributed by atoms with Gasteiger partial charge in [0.1, 0.15) is 0 Å². The van der Waals surface area contributed by atoms with Gasteiger partial charge in [0.25, 0.3) is 0 Å². The van der Waals surface area contributed by atoms with Crippen LogP contribution in [0, 0.1) is 0 Å². The van der Waals surface area contributed by atoms with Gasteiger partial charge in [-0.1, -0.05) is 42.5 Å². The van der Waals surface area contributed by atoms with Crippen LogP contribution in [0.25, 0.3) is 16.3 Å². The fraction of sp³-hybridized carbons (Fsp3) is 0.167. The average molecular weight is 263 g/mol. The number of benzene rings is 2. The van der Waals surface area contributed by atoms with Gasteiger partial charge >= 0.3 is 0 Å². The predicted molar refractivity (Wildman–Crippen MR) is 83.7 cm³/mol. The van der Waals surface area contributed by atoms with Gasteiger partial charge in [-0.25, -0.2) is 0 Å². The lowest BCUT2D eigenvalue weighted by Crippen LogP contribution is -2.10. The molecule has 0 spiro atoms. The lowest BCUT2D eigenvalue weighted by Gasteiger charge is -2.17. The van der Waals surface area contributed by atoms with Crippen molar-refractivity contribution in [2.45, 2.75) is 6.42 Å². The zero-order chi connectivity index (χ0) is 14.1. The SMILES string of the molecule is CN(C)C1=C(c2ccc3ccccc3c2C=O)CC=C1. The van der Waals surface area contributed by atoms with Crippen LogP contribution < -0.4 is 0 Å². The molecule has 0 aliphatic heterocycles. The molecule has 0 saturated heterocycles. The highest BCUT2D eigenvalue weighted by Crippen LogP contribution is 2.34. The molecule has 0 amide bonds. The summed E-state index contributed by atoms with van der Waals surface area (Å²) in [5, 5.41) is 2.13. The summed E-state index contributed by atoms with van der Waals surface area (Å²) in [5.41, 5.74) is 4.25. The van der Waals surface area contributed by atoms with Gasteiger partial charge in [-0.15, -0.1) is 0 Å². The molecule has 0 atom stereocenters. The van der Waals surface area contributed by atoms with Gasteiger partial charge in [-0.2, -0.15) is 0 Å². The molecule has 1 aliphatic rings. The number of allylic oxidation sites excluding steroid dienone is 3. The van der Waals surface area contributed by atoms with Gasteiger partial charge in [0.15, 0.2) is 6.29 Å². The van der Waals surface area contributed by atoms with E-state index in [0.717, 1.165) is 34.6 Å². The van der Waals surface area contributed by atoms with Crippen LogP contribution >= 0.6 is 0 Å². The van der Waals surface area contributed by atoms with Crippen LogP contribution in [0.15, 0.2) is 54.2 Å². The van der Waals surface area contributed by atoms with Crippen LogP contribution in [0.5, 0.6) is 0 Å². The normalized spacial score (nSPS) is 14.1. The zero-order valence-corrected chi connectivity index (χ0v) is 11.8. The number of carbonyl (C=O) groups is 1. The summed E-state index contributed by atoms with van der Waals surface area (Å²) in [4.78, 5) is 13.7. The van der Waals surface area contributed by atoms with Crippen LogP contribution in [0.2, 0.25) is 0 Å². The molecule has 2 aromatic rings. The fourth-order valence-electron chi connectivity index (χ4n) is 2.85. The molecule has 0 bridgehead atoms. The van der Waals surface area contributed by atoms with Crippen molar-refractivity contribution in [1.82, 2.24) is 4.90 Å². The Bertz CT molecular complexity index is 738. The van der Waals surface area contributed by atoms with Crippen molar-refractivity contribution in [2.75, 3.05) is 14.1 Å². The second kappa shape index (κ2) is 4.97. The van der Waals surface area contributed by atoms with E-state index in [9.17, 15) is 4.79 Å². The van der Waals surface area contributed by atoms with Crippen molar-refractivity contribution < 1.29 is 4.79 Å². The first-order valence-electron chi connectivity index (χ1n) is 6.76. The topological polar surface area (TPSA) is 20.3 Å². The minimum absolute atomic E-state index is 0.793. The van der Waals surface area contributed by atoms with E-state index in [2.05, 4.69) is 29.2 Å². The number of hydrogen-bond donors (Lipinski definition) is 0. The van der Waals surface area contributed by atoms with E-state index >= 15 is 0 Å². The van der Waals surface area contributed by atoms with Gasteiger partial charge in [0, 0.05) is 25.4 Å². The summed E-state index contributed by atoms with van der Waals surface area (Å²) in [6.07, 6.45) is 6.14. The van der Waals surface area contributed by atoms with Gasteiger partial charge in [-0.3, -0.25) is 4.79 Å². The van der Waals surface area contributed by atoms with Crippen molar-refractivity contribution in [3.8, 4) is 0 Å². The first-order chi connectivity index (χ1) is 9.72. The maximum absolute atomic E-state index is 11.6. The second-order valence-corrected chi connectivity index (χ2v) is 5.23. The Morgan fingerprint density at radius 2 is 1.90 bits per heavy atom. The van der Waals surface area contributed by atoms with E-state index in [1.54, 1.807) is 0 Å². The molecular weight excluding hydrogens is 246 g/mol. The first-order valence-corrected chi connectivity index (χ1v) is 6.76. The molecule has 100 valence electrons. The number of hydrogen-bond acceptors (Lipinski definition) is 2. The minimum Gasteiger partial charge on any atom is -0.377 e. The van der Waals surface area contributed by atoms with Crippen LogP contribution in [0.1, 0.15) is 22.3 Å². The first kappa shape index (κ1) is 12.7. The predicted octanol–water partition coefficient (Wildman–Crippen LogP) is 3.88. The zero-order valence-electron chi connectivity index (χ0n) is 11.8. The Balaban J connectivity index is 2.27. The fourth-order valence-corrected chi connectivity index (χ4v) is 2.85. The molecule has 0 radical (unpaired) electrons. The number of nitrogens with zero attached hydrogens (tertiary/aromatic N) is 1. The molecule has 0 fully saturated rings. The van der Waals surface area contributed by atoms with Crippen molar-refractivity contribution in [1.29, 1.82) is 0 Å². The Kier molecular flexibility index (Phi) is 3.15. The summed E-state index contributed by atoms with van der Waals surface area (Å²) in [6, 6.07) is 12.2. The van der Waals surface area contributed by atoms with Crippen LogP contribution in [0.3, 0.4) is 0 Å². The smallest absolute Gasteiger partial charge is 0.151 e. The number of carbonyl (C=O) groups excluding carboxylic acids is 1. The average Bonchev–Trinajstić information content (AvgIpc) is 2.95. The number of aldehydes is 1. The van der Waals surface area contributed by atoms with Crippen LogP contribution in [0.4, 0.5) is 0 Å². The molecule has 0 unspecified atom stereocenters. The molecular formula is C18H17NO. The lowest BCUT2D eigenvalue weighted by molar-refractivity contribution is 0.112. The monoisotopic (exact) mass is 263 g/mol. The number of rotatable bonds is 3. The Morgan fingerprint density at radius 3 is 2.65 bits per heavy atom. The van der Waals surface area contributed by atoms with Crippen LogP contribution in [-0.2, 0) is 0 Å². The molecule has 1 aliphatic carbocycles. The molecule has 0 N–H and O–H groups in total. The number of likely N-dealkylation sites (N-methyl/N-ethyl adjacent to an activating group) is 1. The summed E-state index contributed by atoms with van der Waals surface area (Å²) in [6.45, 7) is 0. The highest BCUT2D eigenvalue weighted by atomic mass is 16.1.